The molecule has 2 heterocycles. The summed E-state index contributed by atoms with van der Waals surface area (Å²) in [6, 6.07) is 13.5. The van der Waals surface area contributed by atoms with Crippen molar-refractivity contribution >= 4 is 5.91 Å². The van der Waals surface area contributed by atoms with E-state index in [-0.39, 0.29) is 23.1 Å². The summed E-state index contributed by atoms with van der Waals surface area (Å²) in [4.78, 5) is 26.5. The predicted octanol–water partition coefficient (Wildman–Crippen LogP) is 1.17. The fraction of sp³-hybridized carbons (Fsp3) is 0.294. The average molecular weight is 297 g/mol. The Morgan fingerprint density at radius 1 is 1.18 bits per heavy atom. The average Bonchev–Trinajstić information content (AvgIpc) is 2.58. The summed E-state index contributed by atoms with van der Waals surface area (Å²) in [6.45, 7) is 1.90. The number of rotatable bonds is 2. The molecule has 3 rings (SSSR count). The zero-order chi connectivity index (χ0) is 15.5. The molecule has 1 aliphatic heterocycles. The normalized spacial score (nSPS) is 18.2. The largest absolute Gasteiger partial charge is 0.335 e. The molecule has 1 aromatic heterocycles. The second-order valence-corrected chi connectivity index (χ2v) is 5.51. The Balaban J connectivity index is 1.81. The molecule has 5 heteroatoms. The van der Waals surface area contributed by atoms with Gasteiger partial charge in [0.15, 0.2) is 0 Å². The molecule has 0 aliphatic carbocycles. The van der Waals surface area contributed by atoms with Crippen LogP contribution in [-0.4, -0.2) is 35.0 Å². The van der Waals surface area contributed by atoms with Crippen molar-refractivity contribution in [2.75, 3.05) is 19.6 Å². The maximum absolute atomic E-state index is 12.6. The highest BCUT2D eigenvalue weighted by atomic mass is 16.2. The van der Waals surface area contributed by atoms with Crippen LogP contribution in [0.2, 0.25) is 0 Å². The van der Waals surface area contributed by atoms with E-state index in [2.05, 4.69) is 5.32 Å². The van der Waals surface area contributed by atoms with Gasteiger partial charge in [0.2, 0.25) is 0 Å². The summed E-state index contributed by atoms with van der Waals surface area (Å²) in [5, 5.41) is 3.42. The van der Waals surface area contributed by atoms with Gasteiger partial charge in [-0.25, -0.2) is 0 Å². The standard InChI is InChI=1S/C17H19N3O2/c1-19-10-5-8-14(16(19)21)17(22)20-11-9-18-15(12-20)13-6-3-2-4-7-13/h2-8,10,15,18H,9,11-12H2,1H3/t15-/m1/s1. The molecule has 0 bridgehead atoms. The summed E-state index contributed by atoms with van der Waals surface area (Å²) in [6.07, 6.45) is 1.66. The van der Waals surface area contributed by atoms with Crippen LogP contribution in [0.3, 0.4) is 0 Å². The topological polar surface area (TPSA) is 54.3 Å². The fourth-order valence-electron chi connectivity index (χ4n) is 2.77. The molecular formula is C17H19N3O2. The van der Waals surface area contributed by atoms with E-state index in [9.17, 15) is 9.59 Å². The Morgan fingerprint density at radius 3 is 2.73 bits per heavy atom. The SMILES string of the molecule is Cn1cccc(C(=O)N2CCN[C@@H](c3ccccc3)C2)c1=O. The molecule has 1 amide bonds. The van der Waals surface area contributed by atoms with Gasteiger partial charge in [0.25, 0.3) is 11.5 Å². The van der Waals surface area contributed by atoms with Crippen LogP contribution in [0.4, 0.5) is 0 Å². The Hall–Kier alpha value is -2.40. The number of aromatic nitrogens is 1. The van der Waals surface area contributed by atoms with Crippen LogP contribution < -0.4 is 10.9 Å². The molecular weight excluding hydrogens is 278 g/mol. The van der Waals surface area contributed by atoms with Crippen molar-refractivity contribution in [2.45, 2.75) is 6.04 Å². The van der Waals surface area contributed by atoms with Crippen LogP contribution in [0.1, 0.15) is 22.0 Å². The van der Waals surface area contributed by atoms with Gasteiger partial charge in [-0.1, -0.05) is 30.3 Å². The van der Waals surface area contributed by atoms with Gasteiger partial charge in [0, 0.05) is 38.9 Å². The number of hydrogen-bond acceptors (Lipinski definition) is 3. The maximum atomic E-state index is 12.6. The van der Waals surface area contributed by atoms with Crippen molar-refractivity contribution in [3.05, 3.63) is 70.1 Å². The number of aryl methyl sites for hydroxylation is 1. The van der Waals surface area contributed by atoms with Crippen LogP contribution in [0.25, 0.3) is 0 Å². The molecule has 1 N–H and O–H groups in total. The molecule has 0 saturated carbocycles. The van der Waals surface area contributed by atoms with Crippen molar-refractivity contribution in [1.82, 2.24) is 14.8 Å². The molecule has 1 fully saturated rings. The second kappa shape index (κ2) is 6.15. The Bertz CT molecular complexity index is 724. The molecule has 0 spiro atoms. The lowest BCUT2D eigenvalue weighted by Crippen LogP contribution is -2.49. The van der Waals surface area contributed by atoms with E-state index in [1.165, 1.54) is 4.57 Å². The molecule has 1 atom stereocenters. The first kappa shape index (κ1) is 14.5. The summed E-state index contributed by atoms with van der Waals surface area (Å²) >= 11 is 0. The summed E-state index contributed by atoms with van der Waals surface area (Å²) in [7, 11) is 1.66. The number of nitrogens with zero attached hydrogens (tertiary/aromatic N) is 2. The maximum Gasteiger partial charge on any atom is 0.263 e. The van der Waals surface area contributed by atoms with Gasteiger partial charge >= 0.3 is 0 Å². The first-order valence-electron chi connectivity index (χ1n) is 7.40. The highest BCUT2D eigenvalue weighted by Crippen LogP contribution is 2.17. The second-order valence-electron chi connectivity index (χ2n) is 5.51. The van der Waals surface area contributed by atoms with Gasteiger partial charge in [-0.2, -0.15) is 0 Å². The molecule has 0 radical (unpaired) electrons. The first-order valence-corrected chi connectivity index (χ1v) is 7.40. The van der Waals surface area contributed by atoms with Crippen molar-refractivity contribution < 1.29 is 4.79 Å². The van der Waals surface area contributed by atoms with Gasteiger partial charge in [-0.05, 0) is 17.7 Å². The van der Waals surface area contributed by atoms with Crippen molar-refractivity contribution in [1.29, 1.82) is 0 Å². The van der Waals surface area contributed by atoms with E-state index in [0.29, 0.717) is 13.1 Å². The van der Waals surface area contributed by atoms with Crippen molar-refractivity contribution in [3.63, 3.8) is 0 Å². The monoisotopic (exact) mass is 297 g/mol. The van der Waals surface area contributed by atoms with Gasteiger partial charge in [-0.3, -0.25) is 9.59 Å². The summed E-state index contributed by atoms with van der Waals surface area (Å²) < 4.78 is 1.43. The third-order valence-electron chi connectivity index (χ3n) is 4.02. The van der Waals surface area contributed by atoms with Gasteiger partial charge in [0.1, 0.15) is 5.56 Å². The van der Waals surface area contributed by atoms with Crippen molar-refractivity contribution in [3.8, 4) is 0 Å². The Kier molecular flexibility index (Phi) is 4.06. The highest BCUT2D eigenvalue weighted by Gasteiger charge is 2.26. The lowest BCUT2D eigenvalue weighted by molar-refractivity contribution is 0.0700. The van der Waals surface area contributed by atoms with E-state index in [4.69, 9.17) is 0 Å². The minimum atomic E-state index is -0.248. The molecule has 1 aliphatic rings. The number of carbonyl (C=O) groups is 1. The van der Waals surface area contributed by atoms with Crippen molar-refractivity contribution in [2.24, 2.45) is 7.05 Å². The van der Waals surface area contributed by atoms with E-state index < -0.39 is 0 Å². The fourth-order valence-corrected chi connectivity index (χ4v) is 2.77. The minimum Gasteiger partial charge on any atom is -0.335 e. The number of benzene rings is 1. The van der Waals surface area contributed by atoms with Gasteiger partial charge < -0.3 is 14.8 Å². The lowest BCUT2D eigenvalue weighted by atomic mass is 10.0. The third kappa shape index (κ3) is 2.80. The quantitative estimate of drug-likeness (QED) is 0.905. The summed E-state index contributed by atoms with van der Waals surface area (Å²) in [5.74, 6) is -0.191. The highest BCUT2D eigenvalue weighted by molar-refractivity contribution is 5.94. The number of amides is 1. The smallest absolute Gasteiger partial charge is 0.263 e. The zero-order valence-electron chi connectivity index (χ0n) is 12.5. The number of carbonyl (C=O) groups excluding carboxylic acids is 1. The van der Waals surface area contributed by atoms with Crippen LogP contribution in [0, 0.1) is 0 Å². The summed E-state index contributed by atoms with van der Waals surface area (Å²) in [5.41, 5.74) is 1.14. The predicted molar refractivity (Wildman–Crippen MR) is 84.8 cm³/mol. The van der Waals surface area contributed by atoms with E-state index >= 15 is 0 Å². The Morgan fingerprint density at radius 2 is 1.95 bits per heavy atom. The minimum absolute atomic E-state index is 0.103. The molecule has 114 valence electrons. The lowest BCUT2D eigenvalue weighted by Gasteiger charge is -2.34. The third-order valence-corrected chi connectivity index (χ3v) is 4.02. The molecule has 5 nitrogen and oxygen atoms in total. The first-order chi connectivity index (χ1) is 10.7. The van der Waals surface area contributed by atoms with E-state index in [1.54, 1.807) is 30.3 Å². The molecule has 1 saturated heterocycles. The molecule has 0 unspecified atom stereocenters. The van der Waals surface area contributed by atoms with Crippen LogP contribution in [0.15, 0.2) is 53.5 Å². The van der Waals surface area contributed by atoms with E-state index in [0.717, 1.165) is 12.1 Å². The van der Waals surface area contributed by atoms with Crippen LogP contribution in [-0.2, 0) is 7.05 Å². The number of piperazine rings is 1. The Labute approximate surface area is 129 Å². The number of nitrogens with one attached hydrogen (secondary N) is 1. The number of hydrogen-bond donors (Lipinski definition) is 1. The molecule has 2 aromatic rings. The zero-order valence-corrected chi connectivity index (χ0v) is 12.5. The van der Waals surface area contributed by atoms with Gasteiger partial charge in [-0.15, -0.1) is 0 Å². The van der Waals surface area contributed by atoms with E-state index in [1.807, 2.05) is 30.3 Å². The van der Waals surface area contributed by atoms with Gasteiger partial charge in [0.05, 0.1) is 0 Å². The van der Waals surface area contributed by atoms with Crippen LogP contribution in [0.5, 0.6) is 0 Å². The number of pyridine rings is 1. The molecule has 22 heavy (non-hydrogen) atoms. The van der Waals surface area contributed by atoms with Crippen LogP contribution >= 0.6 is 0 Å². The molecule has 1 aromatic carbocycles.